The fraction of sp³-hybridized carbons (Fsp3) is 0.462. The van der Waals surface area contributed by atoms with Crippen LogP contribution in [0.25, 0.3) is 11.0 Å². The molecule has 1 aliphatic carbocycles. The summed E-state index contributed by atoms with van der Waals surface area (Å²) in [5, 5.41) is 11.7. The maximum atomic E-state index is 13.1. The normalized spacial score (nSPS) is 17.6. The van der Waals surface area contributed by atoms with Gasteiger partial charge in [-0.05, 0) is 81.0 Å². The summed E-state index contributed by atoms with van der Waals surface area (Å²) < 4.78 is 2.02. The van der Waals surface area contributed by atoms with E-state index in [0.717, 1.165) is 35.1 Å². The predicted molar refractivity (Wildman–Crippen MR) is 128 cm³/mol. The first-order valence-corrected chi connectivity index (χ1v) is 12.0. The van der Waals surface area contributed by atoms with Crippen molar-refractivity contribution >= 4 is 28.5 Å². The molecule has 33 heavy (non-hydrogen) atoms. The summed E-state index contributed by atoms with van der Waals surface area (Å²) in [6.45, 7) is 5.26. The van der Waals surface area contributed by atoms with Crippen molar-refractivity contribution in [3.05, 3.63) is 53.1 Å². The number of rotatable bonds is 4. The summed E-state index contributed by atoms with van der Waals surface area (Å²) in [4.78, 5) is 27.7. The maximum absolute atomic E-state index is 13.1. The van der Waals surface area contributed by atoms with Gasteiger partial charge in [0.15, 0.2) is 0 Å². The molecule has 0 atom stereocenters. The summed E-state index contributed by atoms with van der Waals surface area (Å²) in [6.07, 6.45) is 6.10. The standard InChI is InChI=1S/C26H31N5O2/c1-17-7-9-21(15-18(17)2)27-25(32)19-11-13-30(14-12-19)26(33)20-8-10-24-23(16-20)28-29-31(24)22-5-3-4-6-22/h7-10,15-16,19,22H,3-6,11-14H2,1-2H3,(H,27,32). The van der Waals surface area contributed by atoms with Crippen LogP contribution in [0.15, 0.2) is 36.4 Å². The lowest BCUT2D eigenvalue weighted by Gasteiger charge is -2.31. The van der Waals surface area contributed by atoms with Crippen LogP contribution in [0.3, 0.4) is 0 Å². The van der Waals surface area contributed by atoms with Gasteiger partial charge in [0.2, 0.25) is 5.91 Å². The predicted octanol–water partition coefficient (Wildman–Crippen LogP) is 4.65. The highest BCUT2D eigenvalue weighted by Gasteiger charge is 2.28. The van der Waals surface area contributed by atoms with Gasteiger partial charge in [0.1, 0.15) is 5.52 Å². The Labute approximate surface area is 194 Å². The number of benzene rings is 2. The van der Waals surface area contributed by atoms with Crippen LogP contribution in [0.4, 0.5) is 5.69 Å². The summed E-state index contributed by atoms with van der Waals surface area (Å²) >= 11 is 0. The van der Waals surface area contributed by atoms with Crippen molar-refractivity contribution in [2.24, 2.45) is 5.92 Å². The minimum Gasteiger partial charge on any atom is -0.339 e. The number of likely N-dealkylation sites (tertiary alicyclic amines) is 1. The first-order valence-electron chi connectivity index (χ1n) is 12.0. The lowest BCUT2D eigenvalue weighted by atomic mass is 9.95. The van der Waals surface area contributed by atoms with Gasteiger partial charge in [-0.1, -0.05) is 24.1 Å². The number of nitrogens with zero attached hydrogens (tertiary/aromatic N) is 4. The van der Waals surface area contributed by atoms with Gasteiger partial charge in [0.25, 0.3) is 5.91 Å². The van der Waals surface area contributed by atoms with Gasteiger partial charge in [0.05, 0.1) is 11.6 Å². The molecule has 3 aromatic rings. The molecule has 1 N–H and O–H groups in total. The number of anilines is 1. The van der Waals surface area contributed by atoms with E-state index in [0.29, 0.717) is 37.5 Å². The second-order valence-electron chi connectivity index (χ2n) is 9.53. The number of hydrogen-bond donors (Lipinski definition) is 1. The molecule has 0 bridgehead atoms. The average Bonchev–Trinajstić information content (AvgIpc) is 3.50. The van der Waals surface area contributed by atoms with Crippen LogP contribution in [-0.2, 0) is 4.79 Å². The number of piperidine rings is 1. The van der Waals surface area contributed by atoms with E-state index in [9.17, 15) is 9.59 Å². The van der Waals surface area contributed by atoms with Gasteiger partial charge in [-0.25, -0.2) is 4.68 Å². The summed E-state index contributed by atoms with van der Waals surface area (Å²) in [5.74, 6) is -0.0416. The molecule has 2 amide bonds. The van der Waals surface area contributed by atoms with Crippen LogP contribution in [0.5, 0.6) is 0 Å². The Hall–Kier alpha value is -3.22. The molecule has 1 saturated heterocycles. The molecule has 0 radical (unpaired) electrons. The van der Waals surface area contributed by atoms with Crippen molar-refractivity contribution in [3.63, 3.8) is 0 Å². The second kappa shape index (κ2) is 8.96. The fourth-order valence-corrected chi connectivity index (χ4v) is 5.08. The van der Waals surface area contributed by atoms with Crippen molar-refractivity contribution in [1.82, 2.24) is 19.9 Å². The van der Waals surface area contributed by atoms with Crippen molar-refractivity contribution in [1.29, 1.82) is 0 Å². The minimum absolute atomic E-state index is 0.000309. The number of aryl methyl sites for hydroxylation is 2. The van der Waals surface area contributed by atoms with Crippen LogP contribution < -0.4 is 5.32 Å². The molecular weight excluding hydrogens is 414 g/mol. The molecule has 0 unspecified atom stereocenters. The Morgan fingerprint density at radius 2 is 1.70 bits per heavy atom. The van der Waals surface area contributed by atoms with Gasteiger partial charge < -0.3 is 10.2 Å². The Balaban J connectivity index is 1.20. The van der Waals surface area contributed by atoms with Crippen molar-refractivity contribution in [2.75, 3.05) is 18.4 Å². The number of amides is 2. The molecule has 1 aliphatic heterocycles. The molecule has 1 saturated carbocycles. The number of carbonyl (C=O) groups is 2. The molecule has 2 aliphatic rings. The van der Waals surface area contributed by atoms with Crippen LogP contribution in [0.2, 0.25) is 0 Å². The molecule has 2 fully saturated rings. The largest absolute Gasteiger partial charge is 0.339 e. The van der Waals surface area contributed by atoms with E-state index in [1.165, 1.54) is 18.4 Å². The maximum Gasteiger partial charge on any atom is 0.253 e. The third-order valence-electron chi connectivity index (χ3n) is 7.32. The first kappa shape index (κ1) is 21.6. The van der Waals surface area contributed by atoms with Crippen molar-refractivity contribution in [2.45, 2.75) is 58.4 Å². The van der Waals surface area contributed by atoms with E-state index in [1.54, 1.807) is 0 Å². The van der Waals surface area contributed by atoms with Gasteiger partial charge in [-0.15, -0.1) is 5.10 Å². The number of fused-ring (bicyclic) bond motifs is 1. The van der Waals surface area contributed by atoms with Crippen molar-refractivity contribution < 1.29 is 9.59 Å². The quantitative estimate of drug-likeness (QED) is 0.634. The minimum atomic E-state index is -0.0792. The first-order chi connectivity index (χ1) is 16.0. The van der Waals surface area contributed by atoms with E-state index < -0.39 is 0 Å². The van der Waals surface area contributed by atoms with E-state index in [2.05, 4.69) is 22.6 Å². The van der Waals surface area contributed by atoms with Gasteiger partial charge in [-0.3, -0.25) is 9.59 Å². The Morgan fingerprint density at radius 1 is 0.939 bits per heavy atom. The Morgan fingerprint density at radius 3 is 2.42 bits per heavy atom. The number of aromatic nitrogens is 3. The molecule has 0 spiro atoms. The number of hydrogen-bond acceptors (Lipinski definition) is 4. The van der Waals surface area contributed by atoms with Gasteiger partial charge in [-0.2, -0.15) is 0 Å². The molecule has 7 nitrogen and oxygen atoms in total. The number of carbonyl (C=O) groups excluding carboxylic acids is 2. The zero-order chi connectivity index (χ0) is 22.9. The molecular formula is C26H31N5O2. The van der Waals surface area contributed by atoms with E-state index in [-0.39, 0.29) is 17.7 Å². The number of nitrogens with one attached hydrogen (secondary N) is 1. The highest BCUT2D eigenvalue weighted by Crippen LogP contribution is 2.31. The fourth-order valence-electron chi connectivity index (χ4n) is 5.08. The highest BCUT2D eigenvalue weighted by atomic mass is 16.2. The lowest BCUT2D eigenvalue weighted by molar-refractivity contribution is -0.121. The summed E-state index contributed by atoms with van der Waals surface area (Å²) in [5.41, 5.74) is 5.61. The van der Waals surface area contributed by atoms with Crippen LogP contribution >= 0.6 is 0 Å². The van der Waals surface area contributed by atoms with Crippen molar-refractivity contribution in [3.8, 4) is 0 Å². The lowest BCUT2D eigenvalue weighted by Crippen LogP contribution is -2.41. The topological polar surface area (TPSA) is 80.1 Å². The summed E-state index contributed by atoms with van der Waals surface area (Å²) in [7, 11) is 0. The average molecular weight is 446 g/mol. The SMILES string of the molecule is Cc1ccc(NC(=O)C2CCN(C(=O)c3ccc4c(c3)nnn4C3CCCC3)CC2)cc1C. The Bertz CT molecular complexity index is 1190. The molecule has 1 aromatic heterocycles. The monoisotopic (exact) mass is 445 g/mol. The van der Waals surface area contributed by atoms with Crippen LogP contribution in [-0.4, -0.2) is 44.8 Å². The van der Waals surface area contributed by atoms with E-state index >= 15 is 0 Å². The highest BCUT2D eigenvalue weighted by molar-refractivity contribution is 5.98. The van der Waals surface area contributed by atoms with Gasteiger partial charge in [0, 0.05) is 30.3 Å². The third-order valence-corrected chi connectivity index (χ3v) is 7.32. The smallest absolute Gasteiger partial charge is 0.253 e. The third kappa shape index (κ3) is 4.36. The zero-order valence-electron chi connectivity index (χ0n) is 19.4. The zero-order valence-corrected chi connectivity index (χ0v) is 19.4. The molecule has 172 valence electrons. The van der Waals surface area contributed by atoms with E-state index in [4.69, 9.17) is 0 Å². The molecule has 7 heteroatoms. The molecule has 2 heterocycles. The van der Waals surface area contributed by atoms with Crippen LogP contribution in [0.1, 0.15) is 66.1 Å². The van der Waals surface area contributed by atoms with Crippen LogP contribution in [0, 0.1) is 19.8 Å². The second-order valence-corrected chi connectivity index (χ2v) is 9.53. The summed E-state index contributed by atoms with van der Waals surface area (Å²) in [6, 6.07) is 12.1. The molecule has 5 rings (SSSR count). The van der Waals surface area contributed by atoms with Gasteiger partial charge >= 0.3 is 0 Å². The van der Waals surface area contributed by atoms with E-state index in [1.807, 2.05) is 52.9 Å². The molecule has 2 aromatic carbocycles. The Kier molecular flexibility index (Phi) is 5.87.